The van der Waals surface area contributed by atoms with Crippen molar-refractivity contribution in [1.82, 2.24) is 4.31 Å². The molecule has 1 atom stereocenters. The zero-order valence-electron chi connectivity index (χ0n) is 13.4. The number of hydrogen-bond donors (Lipinski definition) is 0. The fourth-order valence-electron chi connectivity index (χ4n) is 2.67. The number of nitrogens with zero attached hydrogens (tertiary/aromatic N) is 1. The second-order valence-corrected chi connectivity index (χ2v) is 10.5. The van der Waals surface area contributed by atoms with E-state index in [2.05, 4.69) is 0 Å². The van der Waals surface area contributed by atoms with Crippen LogP contribution in [-0.2, 0) is 19.9 Å². The average Bonchev–Trinajstić information content (AvgIpc) is 2.78. The molecule has 0 aliphatic carbocycles. The molecule has 0 bridgehead atoms. The van der Waals surface area contributed by atoms with Gasteiger partial charge in [0, 0.05) is 13.1 Å². The maximum atomic E-state index is 12.9. The Bertz CT molecular complexity index is 767. The molecule has 7 heteroatoms. The molecule has 1 aromatic carbocycles. The lowest BCUT2D eigenvalue weighted by Crippen LogP contribution is -2.38. The van der Waals surface area contributed by atoms with E-state index >= 15 is 0 Å². The van der Waals surface area contributed by atoms with Gasteiger partial charge in [-0.15, -0.1) is 0 Å². The van der Waals surface area contributed by atoms with Crippen LogP contribution in [-0.4, -0.2) is 45.7 Å². The van der Waals surface area contributed by atoms with Gasteiger partial charge >= 0.3 is 0 Å². The molecule has 124 valence electrons. The van der Waals surface area contributed by atoms with Crippen LogP contribution in [0.2, 0.25) is 0 Å². The van der Waals surface area contributed by atoms with Crippen LogP contribution in [0, 0.1) is 6.92 Å². The Labute approximate surface area is 133 Å². The standard InChI is InChI=1S/C15H23NO4S2/c1-11(2)13-6-5-12(3)15(9-13)22(19,20)16(4)14-7-8-21(17,18)10-14/h5-6,9,11,14H,7-8,10H2,1-4H3. The highest BCUT2D eigenvalue weighted by atomic mass is 32.2. The lowest BCUT2D eigenvalue weighted by atomic mass is 10.0. The normalized spacial score (nSPS) is 21.6. The van der Waals surface area contributed by atoms with E-state index in [9.17, 15) is 16.8 Å². The summed E-state index contributed by atoms with van der Waals surface area (Å²) in [6.45, 7) is 5.78. The molecule has 0 amide bonds. The Kier molecular flexibility index (Phi) is 4.71. The third-order valence-electron chi connectivity index (χ3n) is 4.26. The lowest BCUT2D eigenvalue weighted by molar-refractivity contribution is 0.393. The van der Waals surface area contributed by atoms with Crippen LogP contribution in [0.15, 0.2) is 23.1 Å². The molecular weight excluding hydrogens is 322 g/mol. The van der Waals surface area contributed by atoms with Crippen molar-refractivity contribution >= 4 is 19.9 Å². The van der Waals surface area contributed by atoms with Gasteiger partial charge in [0.05, 0.1) is 16.4 Å². The van der Waals surface area contributed by atoms with E-state index in [1.165, 1.54) is 11.4 Å². The first-order valence-electron chi connectivity index (χ1n) is 7.33. The van der Waals surface area contributed by atoms with Crippen LogP contribution < -0.4 is 0 Å². The molecule has 5 nitrogen and oxygen atoms in total. The van der Waals surface area contributed by atoms with E-state index in [0.29, 0.717) is 12.0 Å². The summed E-state index contributed by atoms with van der Waals surface area (Å²) in [5, 5.41) is 0. The largest absolute Gasteiger partial charge is 0.243 e. The zero-order chi connectivity index (χ0) is 16.7. The minimum atomic E-state index is -3.69. The Morgan fingerprint density at radius 3 is 2.41 bits per heavy atom. The summed E-state index contributed by atoms with van der Waals surface area (Å²) in [6, 6.07) is 4.97. The van der Waals surface area contributed by atoms with Crippen molar-refractivity contribution in [3.05, 3.63) is 29.3 Å². The van der Waals surface area contributed by atoms with Crippen LogP contribution in [0.1, 0.15) is 37.3 Å². The summed E-state index contributed by atoms with van der Waals surface area (Å²) in [4.78, 5) is 0.269. The molecular formula is C15H23NO4S2. The SMILES string of the molecule is Cc1ccc(C(C)C)cc1S(=O)(=O)N(C)C1CCS(=O)(=O)C1. The minimum absolute atomic E-state index is 0.0581. The first-order chi connectivity index (χ1) is 10.0. The number of benzene rings is 1. The molecule has 0 saturated carbocycles. The predicted octanol–water partition coefficient (Wildman–Crippen LogP) is 1.93. The molecule has 0 spiro atoms. The molecule has 0 aromatic heterocycles. The van der Waals surface area contributed by atoms with Crippen molar-refractivity contribution in [2.45, 2.75) is 44.0 Å². The summed E-state index contributed by atoms with van der Waals surface area (Å²) < 4.78 is 50.1. The van der Waals surface area contributed by atoms with Crippen molar-refractivity contribution in [2.24, 2.45) is 0 Å². The summed E-state index contributed by atoms with van der Waals surface area (Å²) in [7, 11) is -5.34. The van der Waals surface area contributed by atoms with Gasteiger partial charge in [0.1, 0.15) is 0 Å². The second-order valence-electron chi connectivity index (χ2n) is 6.26. The molecule has 2 rings (SSSR count). The summed E-state index contributed by atoms with van der Waals surface area (Å²) in [5.41, 5.74) is 1.63. The molecule has 1 unspecified atom stereocenters. The Morgan fingerprint density at radius 1 is 1.27 bits per heavy atom. The Hall–Kier alpha value is -0.920. The third kappa shape index (κ3) is 3.36. The van der Waals surface area contributed by atoms with E-state index in [-0.39, 0.29) is 22.3 Å². The number of rotatable bonds is 4. The van der Waals surface area contributed by atoms with Crippen molar-refractivity contribution in [1.29, 1.82) is 0 Å². The molecule has 1 heterocycles. The quantitative estimate of drug-likeness (QED) is 0.836. The Balaban J connectivity index is 2.40. The zero-order valence-corrected chi connectivity index (χ0v) is 15.0. The van der Waals surface area contributed by atoms with Crippen LogP contribution in [0.3, 0.4) is 0 Å². The summed E-state index contributed by atoms with van der Waals surface area (Å²) in [5.74, 6) is 0.195. The van der Waals surface area contributed by atoms with Crippen LogP contribution in [0.25, 0.3) is 0 Å². The monoisotopic (exact) mass is 345 g/mol. The number of aryl methyl sites for hydroxylation is 1. The first-order valence-corrected chi connectivity index (χ1v) is 10.6. The van der Waals surface area contributed by atoms with E-state index < -0.39 is 25.9 Å². The third-order valence-corrected chi connectivity index (χ3v) is 8.06. The average molecular weight is 345 g/mol. The van der Waals surface area contributed by atoms with E-state index in [1.54, 1.807) is 19.1 Å². The van der Waals surface area contributed by atoms with E-state index in [1.807, 2.05) is 19.9 Å². The first kappa shape index (κ1) is 17.4. The minimum Gasteiger partial charge on any atom is -0.229 e. The van der Waals surface area contributed by atoms with Crippen molar-refractivity contribution in [2.75, 3.05) is 18.6 Å². The van der Waals surface area contributed by atoms with E-state index in [0.717, 1.165) is 5.56 Å². The van der Waals surface area contributed by atoms with E-state index in [4.69, 9.17) is 0 Å². The number of sulfone groups is 1. The highest BCUT2D eigenvalue weighted by Crippen LogP contribution is 2.27. The maximum absolute atomic E-state index is 12.9. The van der Waals surface area contributed by atoms with Crippen molar-refractivity contribution < 1.29 is 16.8 Å². The molecule has 0 radical (unpaired) electrons. The smallest absolute Gasteiger partial charge is 0.229 e. The van der Waals surface area contributed by atoms with Crippen LogP contribution >= 0.6 is 0 Å². The number of sulfonamides is 1. The summed E-state index contributed by atoms with van der Waals surface area (Å²) in [6.07, 6.45) is 0.362. The van der Waals surface area contributed by atoms with Gasteiger partial charge in [0.15, 0.2) is 9.84 Å². The van der Waals surface area contributed by atoms with Crippen molar-refractivity contribution in [3.63, 3.8) is 0 Å². The second kappa shape index (κ2) is 5.94. The topological polar surface area (TPSA) is 71.5 Å². The number of hydrogen-bond acceptors (Lipinski definition) is 4. The van der Waals surface area contributed by atoms with Crippen molar-refractivity contribution in [3.8, 4) is 0 Å². The van der Waals surface area contributed by atoms with Gasteiger partial charge in [-0.05, 0) is 36.5 Å². The molecule has 1 aliphatic rings. The molecule has 0 N–H and O–H groups in total. The molecule has 22 heavy (non-hydrogen) atoms. The highest BCUT2D eigenvalue weighted by molar-refractivity contribution is 7.92. The van der Waals surface area contributed by atoms with Gasteiger partial charge in [0.25, 0.3) is 0 Å². The van der Waals surface area contributed by atoms with Crippen LogP contribution in [0.5, 0.6) is 0 Å². The fourth-order valence-corrected chi connectivity index (χ4v) is 6.18. The van der Waals surface area contributed by atoms with Gasteiger partial charge in [-0.3, -0.25) is 0 Å². The predicted molar refractivity (Wildman–Crippen MR) is 87.3 cm³/mol. The molecule has 1 fully saturated rings. The molecule has 1 saturated heterocycles. The van der Waals surface area contributed by atoms with Gasteiger partial charge in [0.2, 0.25) is 10.0 Å². The highest BCUT2D eigenvalue weighted by Gasteiger charge is 2.37. The van der Waals surface area contributed by atoms with Gasteiger partial charge in [-0.1, -0.05) is 26.0 Å². The Morgan fingerprint density at radius 2 is 1.91 bits per heavy atom. The lowest BCUT2D eigenvalue weighted by Gasteiger charge is -2.24. The molecule has 1 aliphatic heterocycles. The van der Waals surface area contributed by atoms with Gasteiger partial charge < -0.3 is 0 Å². The molecule has 1 aromatic rings. The van der Waals surface area contributed by atoms with Gasteiger partial charge in [-0.25, -0.2) is 16.8 Å². The fraction of sp³-hybridized carbons (Fsp3) is 0.600. The van der Waals surface area contributed by atoms with Crippen LogP contribution in [0.4, 0.5) is 0 Å². The summed E-state index contributed by atoms with van der Waals surface area (Å²) >= 11 is 0. The maximum Gasteiger partial charge on any atom is 0.243 e. The van der Waals surface area contributed by atoms with Gasteiger partial charge in [-0.2, -0.15) is 4.31 Å².